The van der Waals surface area contributed by atoms with E-state index >= 15 is 0 Å². The highest BCUT2D eigenvalue weighted by Gasteiger charge is 2.36. The predicted octanol–water partition coefficient (Wildman–Crippen LogP) is 0.411. The van der Waals surface area contributed by atoms with Gasteiger partial charge in [-0.1, -0.05) is 11.4 Å². The maximum absolute atomic E-state index is 9.10. The van der Waals surface area contributed by atoms with Gasteiger partial charge < -0.3 is 4.74 Å². The van der Waals surface area contributed by atoms with Crippen molar-refractivity contribution in [3.63, 3.8) is 0 Å². The highest BCUT2D eigenvalue weighted by molar-refractivity contribution is 6.08. The Labute approximate surface area is 75.9 Å². The molecule has 0 saturated carbocycles. The molecule has 5 heteroatoms. The Bertz CT molecular complexity index is 321. The molecule has 2 N–H and O–H groups in total. The number of nitrogens with zero attached hydrogens (tertiary/aromatic N) is 2. The standard InChI is InChI=1S/C8H11N3O2/c1-8(13-2)5-3-4-6-7(8)10-11(12)9-6/h3-5,9,12H,1-2H3. The fraction of sp³-hybridized carbons (Fsp3) is 0.375. The van der Waals surface area contributed by atoms with Gasteiger partial charge in [-0.25, -0.2) is 0 Å². The number of allylic oxidation sites excluding steroid dienone is 2. The number of ether oxygens (including phenoxy) is 1. The monoisotopic (exact) mass is 181 g/mol. The van der Waals surface area contributed by atoms with Crippen LogP contribution in [0.3, 0.4) is 0 Å². The van der Waals surface area contributed by atoms with E-state index in [9.17, 15) is 0 Å². The fourth-order valence-electron chi connectivity index (χ4n) is 1.39. The first-order chi connectivity index (χ1) is 6.15. The summed E-state index contributed by atoms with van der Waals surface area (Å²) in [7, 11) is 1.61. The Morgan fingerprint density at radius 2 is 2.46 bits per heavy atom. The number of hydrazone groups is 1. The zero-order valence-electron chi connectivity index (χ0n) is 7.48. The molecule has 5 nitrogen and oxygen atoms in total. The van der Waals surface area contributed by atoms with Crippen LogP contribution in [0.2, 0.25) is 0 Å². The van der Waals surface area contributed by atoms with Gasteiger partial charge in [0.15, 0.2) is 0 Å². The molecule has 0 fully saturated rings. The molecule has 1 aliphatic carbocycles. The zero-order chi connectivity index (χ0) is 9.47. The van der Waals surface area contributed by atoms with E-state index in [4.69, 9.17) is 9.94 Å². The van der Waals surface area contributed by atoms with E-state index in [0.29, 0.717) is 11.0 Å². The van der Waals surface area contributed by atoms with Crippen molar-refractivity contribution in [1.82, 2.24) is 10.7 Å². The van der Waals surface area contributed by atoms with Crippen LogP contribution in [-0.2, 0) is 4.74 Å². The molecule has 0 saturated heterocycles. The Kier molecular flexibility index (Phi) is 1.64. The average molecular weight is 181 g/mol. The summed E-state index contributed by atoms with van der Waals surface area (Å²) >= 11 is 0. The van der Waals surface area contributed by atoms with Gasteiger partial charge in [-0.05, 0) is 19.1 Å². The van der Waals surface area contributed by atoms with E-state index in [0.717, 1.165) is 5.70 Å². The van der Waals surface area contributed by atoms with Crippen LogP contribution in [0, 0.1) is 0 Å². The van der Waals surface area contributed by atoms with Crippen molar-refractivity contribution in [1.29, 1.82) is 0 Å². The van der Waals surface area contributed by atoms with Crippen LogP contribution in [0.4, 0.5) is 0 Å². The lowest BCUT2D eigenvalue weighted by Gasteiger charge is -2.25. The van der Waals surface area contributed by atoms with Crippen LogP contribution in [0.5, 0.6) is 0 Å². The Hall–Kier alpha value is -1.33. The molecule has 0 spiro atoms. The molecule has 13 heavy (non-hydrogen) atoms. The molecule has 0 aromatic rings. The van der Waals surface area contributed by atoms with Crippen molar-refractivity contribution < 1.29 is 9.94 Å². The normalized spacial score (nSPS) is 30.8. The molecule has 0 aromatic heterocycles. The molecule has 0 radical (unpaired) electrons. The topological polar surface area (TPSA) is 57.1 Å². The van der Waals surface area contributed by atoms with Crippen molar-refractivity contribution >= 4 is 5.71 Å². The molecule has 1 unspecified atom stereocenters. The molecular formula is C8H11N3O2. The van der Waals surface area contributed by atoms with Gasteiger partial charge in [0.05, 0.1) is 5.70 Å². The fourth-order valence-corrected chi connectivity index (χ4v) is 1.39. The molecule has 2 aliphatic rings. The SMILES string of the molecule is COC1(C)C=CC=C2NN(O)N=C21. The summed E-state index contributed by atoms with van der Waals surface area (Å²) < 4.78 is 5.30. The quantitative estimate of drug-likeness (QED) is 0.615. The third-order valence-corrected chi connectivity index (χ3v) is 2.24. The van der Waals surface area contributed by atoms with E-state index in [1.165, 1.54) is 0 Å². The van der Waals surface area contributed by atoms with Gasteiger partial charge in [-0.15, -0.1) is 5.10 Å². The summed E-state index contributed by atoms with van der Waals surface area (Å²) in [5, 5.41) is 13.7. The van der Waals surface area contributed by atoms with E-state index in [-0.39, 0.29) is 0 Å². The predicted molar refractivity (Wildman–Crippen MR) is 46.8 cm³/mol. The van der Waals surface area contributed by atoms with Gasteiger partial charge >= 0.3 is 0 Å². The summed E-state index contributed by atoms with van der Waals surface area (Å²) in [4.78, 5) is 0. The number of rotatable bonds is 1. The lowest BCUT2D eigenvalue weighted by molar-refractivity contribution is -0.118. The number of hydrogen-bond donors (Lipinski definition) is 2. The van der Waals surface area contributed by atoms with Gasteiger partial charge in [0.2, 0.25) is 0 Å². The van der Waals surface area contributed by atoms with Gasteiger partial charge in [0.1, 0.15) is 11.3 Å². The minimum Gasteiger partial charge on any atom is -0.368 e. The van der Waals surface area contributed by atoms with E-state index in [1.54, 1.807) is 7.11 Å². The average Bonchev–Trinajstić information content (AvgIpc) is 2.48. The Balaban J connectivity index is 2.41. The molecule has 0 amide bonds. The van der Waals surface area contributed by atoms with Gasteiger partial charge in [-0.2, -0.15) is 0 Å². The molecule has 2 rings (SSSR count). The summed E-state index contributed by atoms with van der Waals surface area (Å²) in [6.07, 6.45) is 5.58. The van der Waals surface area contributed by atoms with Gasteiger partial charge in [0.25, 0.3) is 0 Å². The lowest BCUT2D eigenvalue weighted by Crippen LogP contribution is -2.38. The highest BCUT2D eigenvalue weighted by atomic mass is 16.6. The Morgan fingerprint density at radius 3 is 3.15 bits per heavy atom. The summed E-state index contributed by atoms with van der Waals surface area (Å²) in [5.74, 6) is 0. The first-order valence-electron chi connectivity index (χ1n) is 3.95. The molecule has 0 bridgehead atoms. The number of nitrogens with one attached hydrogen (secondary N) is 1. The van der Waals surface area contributed by atoms with Crippen LogP contribution < -0.4 is 5.43 Å². The second-order valence-electron chi connectivity index (χ2n) is 3.10. The maximum atomic E-state index is 9.10. The third kappa shape index (κ3) is 1.13. The number of hydrazine groups is 1. The molecule has 1 heterocycles. The van der Waals surface area contributed by atoms with Gasteiger partial charge in [0, 0.05) is 7.11 Å². The van der Waals surface area contributed by atoms with Crippen LogP contribution >= 0.6 is 0 Å². The van der Waals surface area contributed by atoms with E-state index in [2.05, 4.69) is 10.5 Å². The molecule has 1 aliphatic heterocycles. The number of methoxy groups -OCH3 is 1. The number of hydrogen-bond acceptors (Lipinski definition) is 5. The second kappa shape index (κ2) is 2.58. The van der Waals surface area contributed by atoms with Crippen molar-refractivity contribution in [2.75, 3.05) is 7.11 Å². The van der Waals surface area contributed by atoms with Crippen molar-refractivity contribution in [3.05, 3.63) is 23.9 Å². The highest BCUT2D eigenvalue weighted by Crippen LogP contribution is 2.25. The maximum Gasteiger partial charge on any atom is 0.129 e. The largest absolute Gasteiger partial charge is 0.368 e. The zero-order valence-corrected chi connectivity index (χ0v) is 7.48. The Morgan fingerprint density at radius 1 is 1.69 bits per heavy atom. The smallest absolute Gasteiger partial charge is 0.129 e. The van der Waals surface area contributed by atoms with Crippen LogP contribution in [0.15, 0.2) is 29.0 Å². The first-order valence-corrected chi connectivity index (χ1v) is 3.95. The summed E-state index contributed by atoms with van der Waals surface area (Å²) in [6.45, 7) is 1.89. The minimum absolute atomic E-state index is 0.561. The van der Waals surface area contributed by atoms with Crippen LogP contribution in [0.1, 0.15) is 6.92 Å². The van der Waals surface area contributed by atoms with Crippen LogP contribution in [-0.4, -0.2) is 28.9 Å². The van der Waals surface area contributed by atoms with Crippen molar-refractivity contribution in [2.24, 2.45) is 5.10 Å². The second-order valence-corrected chi connectivity index (χ2v) is 3.10. The van der Waals surface area contributed by atoms with Crippen molar-refractivity contribution in [2.45, 2.75) is 12.5 Å². The molecule has 70 valence electrons. The van der Waals surface area contributed by atoms with E-state index < -0.39 is 5.60 Å². The van der Waals surface area contributed by atoms with Gasteiger partial charge in [-0.3, -0.25) is 10.6 Å². The summed E-state index contributed by atoms with van der Waals surface area (Å²) in [6, 6.07) is 0. The molecule has 0 aromatic carbocycles. The first kappa shape index (κ1) is 8.28. The van der Waals surface area contributed by atoms with E-state index in [1.807, 2.05) is 25.2 Å². The van der Waals surface area contributed by atoms with Crippen LogP contribution in [0.25, 0.3) is 0 Å². The number of fused-ring (bicyclic) bond motifs is 1. The third-order valence-electron chi connectivity index (χ3n) is 2.24. The lowest BCUT2D eigenvalue weighted by atomic mass is 9.93. The molecule has 1 atom stereocenters. The molecular weight excluding hydrogens is 170 g/mol. The minimum atomic E-state index is -0.561. The summed E-state index contributed by atoms with van der Waals surface area (Å²) in [5.41, 5.74) is 3.54. The van der Waals surface area contributed by atoms with Crippen molar-refractivity contribution in [3.8, 4) is 0 Å².